The molecule has 0 spiro atoms. The second kappa shape index (κ2) is 7.44. The standard InChI is InChI=1S/C18H18ClN3O3/c1-3-25-18(23)15-10-21-17-7-5-14(11-22(15)17)20-9-12-8-13(19)4-6-16(12)24-2/h4-8,10-11,20H,3,9H2,1-2H3. The molecule has 7 heteroatoms. The molecule has 0 aliphatic carbocycles. The number of benzene rings is 1. The van der Waals surface area contributed by atoms with Crippen LogP contribution >= 0.6 is 11.6 Å². The topological polar surface area (TPSA) is 64.9 Å². The van der Waals surface area contributed by atoms with Gasteiger partial charge in [0.1, 0.15) is 11.4 Å². The largest absolute Gasteiger partial charge is 0.496 e. The van der Waals surface area contributed by atoms with E-state index in [0.717, 1.165) is 17.0 Å². The molecule has 0 unspecified atom stereocenters. The second-order valence-corrected chi connectivity index (χ2v) is 5.76. The Morgan fingerprint density at radius 3 is 2.92 bits per heavy atom. The van der Waals surface area contributed by atoms with Gasteiger partial charge in [0.15, 0.2) is 5.69 Å². The molecule has 3 rings (SSSR count). The van der Waals surface area contributed by atoms with E-state index in [0.29, 0.717) is 29.5 Å². The van der Waals surface area contributed by atoms with Crippen molar-refractivity contribution in [1.82, 2.24) is 9.38 Å². The molecule has 130 valence electrons. The first-order valence-electron chi connectivity index (χ1n) is 7.83. The predicted molar refractivity (Wildman–Crippen MR) is 96.5 cm³/mol. The van der Waals surface area contributed by atoms with E-state index in [2.05, 4.69) is 10.3 Å². The lowest BCUT2D eigenvalue weighted by Gasteiger charge is -2.11. The van der Waals surface area contributed by atoms with Crippen molar-refractivity contribution < 1.29 is 14.3 Å². The number of halogens is 1. The average molecular weight is 360 g/mol. The highest BCUT2D eigenvalue weighted by Crippen LogP contribution is 2.24. The Balaban J connectivity index is 1.84. The average Bonchev–Trinajstić information content (AvgIpc) is 3.03. The van der Waals surface area contributed by atoms with Gasteiger partial charge in [0, 0.05) is 23.3 Å². The van der Waals surface area contributed by atoms with Crippen molar-refractivity contribution in [2.75, 3.05) is 19.0 Å². The van der Waals surface area contributed by atoms with Gasteiger partial charge in [0.2, 0.25) is 0 Å². The van der Waals surface area contributed by atoms with Gasteiger partial charge in [0.25, 0.3) is 0 Å². The van der Waals surface area contributed by atoms with E-state index in [-0.39, 0.29) is 0 Å². The maximum atomic E-state index is 12.0. The number of fused-ring (bicyclic) bond motifs is 1. The van der Waals surface area contributed by atoms with Crippen LogP contribution in [0.4, 0.5) is 5.69 Å². The minimum atomic E-state index is -0.399. The summed E-state index contributed by atoms with van der Waals surface area (Å²) in [5.41, 5.74) is 2.83. The van der Waals surface area contributed by atoms with E-state index in [9.17, 15) is 4.79 Å². The number of hydrogen-bond acceptors (Lipinski definition) is 5. The summed E-state index contributed by atoms with van der Waals surface area (Å²) >= 11 is 6.06. The molecular formula is C18H18ClN3O3. The number of anilines is 1. The summed E-state index contributed by atoms with van der Waals surface area (Å²) < 4.78 is 12.1. The number of hydrogen-bond donors (Lipinski definition) is 1. The molecule has 0 atom stereocenters. The van der Waals surface area contributed by atoms with Crippen LogP contribution in [0.25, 0.3) is 5.65 Å². The number of imidazole rings is 1. The number of nitrogens with one attached hydrogen (secondary N) is 1. The molecule has 6 nitrogen and oxygen atoms in total. The fourth-order valence-electron chi connectivity index (χ4n) is 2.52. The van der Waals surface area contributed by atoms with Gasteiger partial charge in [-0.05, 0) is 37.3 Å². The van der Waals surface area contributed by atoms with Crippen molar-refractivity contribution in [1.29, 1.82) is 0 Å². The quantitative estimate of drug-likeness (QED) is 0.678. The van der Waals surface area contributed by atoms with Gasteiger partial charge in [0.05, 0.1) is 25.6 Å². The zero-order valence-corrected chi connectivity index (χ0v) is 14.7. The molecule has 0 saturated carbocycles. The van der Waals surface area contributed by atoms with Crippen LogP contribution in [0.1, 0.15) is 23.0 Å². The van der Waals surface area contributed by atoms with Crippen molar-refractivity contribution in [2.45, 2.75) is 13.5 Å². The number of esters is 1. The zero-order chi connectivity index (χ0) is 17.8. The van der Waals surface area contributed by atoms with Crippen LogP contribution in [0.2, 0.25) is 5.02 Å². The molecule has 0 aliphatic heterocycles. The lowest BCUT2D eigenvalue weighted by Crippen LogP contribution is -2.08. The molecule has 0 aliphatic rings. The van der Waals surface area contributed by atoms with Crippen LogP contribution in [0.15, 0.2) is 42.7 Å². The monoisotopic (exact) mass is 359 g/mol. The van der Waals surface area contributed by atoms with Gasteiger partial charge < -0.3 is 14.8 Å². The van der Waals surface area contributed by atoms with Crippen LogP contribution in [0.5, 0.6) is 5.75 Å². The van der Waals surface area contributed by atoms with Gasteiger partial charge in [-0.25, -0.2) is 9.78 Å². The molecule has 0 amide bonds. The molecule has 0 radical (unpaired) electrons. The number of pyridine rings is 1. The molecular weight excluding hydrogens is 342 g/mol. The highest BCUT2D eigenvalue weighted by atomic mass is 35.5. The first-order valence-corrected chi connectivity index (χ1v) is 8.20. The number of carbonyl (C=O) groups excluding carboxylic acids is 1. The van der Waals surface area contributed by atoms with E-state index < -0.39 is 5.97 Å². The van der Waals surface area contributed by atoms with Crippen molar-refractivity contribution in [2.24, 2.45) is 0 Å². The van der Waals surface area contributed by atoms with E-state index in [1.54, 1.807) is 24.5 Å². The smallest absolute Gasteiger partial charge is 0.356 e. The highest BCUT2D eigenvalue weighted by Gasteiger charge is 2.13. The third-order valence-corrected chi connectivity index (χ3v) is 3.95. The third-order valence-electron chi connectivity index (χ3n) is 3.72. The summed E-state index contributed by atoms with van der Waals surface area (Å²) in [5.74, 6) is 0.358. The summed E-state index contributed by atoms with van der Waals surface area (Å²) in [6, 6.07) is 9.20. The number of rotatable bonds is 6. The summed E-state index contributed by atoms with van der Waals surface area (Å²) in [5, 5.41) is 3.95. The fraction of sp³-hybridized carbons (Fsp3) is 0.222. The molecule has 0 fully saturated rings. The van der Waals surface area contributed by atoms with Crippen molar-refractivity contribution >= 4 is 28.9 Å². The van der Waals surface area contributed by atoms with Crippen molar-refractivity contribution in [3.63, 3.8) is 0 Å². The Morgan fingerprint density at radius 1 is 1.32 bits per heavy atom. The Bertz CT molecular complexity index is 908. The van der Waals surface area contributed by atoms with E-state index in [4.69, 9.17) is 21.1 Å². The Labute approximate surface area is 150 Å². The first-order chi connectivity index (χ1) is 12.1. The Morgan fingerprint density at radius 2 is 2.16 bits per heavy atom. The molecule has 1 N–H and O–H groups in total. The molecule has 25 heavy (non-hydrogen) atoms. The SMILES string of the molecule is CCOC(=O)c1cnc2ccc(NCc3cc(Cl)ccc3OC)cn12. The normalized spacial score (nSPS) is 10.7. The second-order valence-electron chi connectivity index (χ2n) is 5.32. The van der Waals surface area contributed by atoms with E-state index in [1.807, 2.05) is 30.5 Å². The van der Waals surface area contributed by atoms with Gasteiger partial charge in [-0.15, -0.1) is 0 Å². The predicted octanol–water partition coefficient (Wildman–Crippen LogP) is 3.79. The number of carbonyl (C=O) groups is 1. The maximum Gasteiger partial charge on any atom is 0.356 e. The fourth-order valence-corrected chi connectivity index (χ4v) is 2.72. The lowest BCUT2D eigenvalue weighted by molar-refractivity contribution is 0.0518. The Hall–Kier alpha value is -2.73. The summed E-state index contributed by atoms with van der Waals surface area (Å²) in [6.45, 7) is 2.61. The Kier molecular flexibility index (Phi) is 5.09. The lowest BCUT2D eigenvalue weighted by atomic mass is 10.2. The van der Waals surface area contributed by atoms with Crippen LogP contribution < -0.4 is 10.1 Å². The molecule has 0 bridgehead atoms. The third kappa shape index (κ3) is 3.69. The first kappa shape index (κ1) is 17.1. The zero-order valence-electron chi connectivity index (χ0n) is 14.0. The number of methoxy groups -OCH3 is 1. The highest BCUT2D eigenvalue weighted by molar-refractivity contribution is 6.30. The van der Waals surface area contributed by atoms with E-state index >= 15 is 0 Å². The molecule has 3 aromatic rings. The summed E-state index contributed by atoms with van der Waals surface area (Å²) in [7, 11) is 1.62. The van der Waals surface area contributed by atoms with Gasteiger partial charge in [-0.3, -0.25) is 4.40 Å². The minimum Gasteiger partial charge on any atom is -0.496 e. The van der Waals surface area contributed by atoms with Crippen LogP contribution in [0.3, 0.4) is 0 Å². The molecule has 2 heterocycles. The van der Waals surface area contributed by atoms with Crippen molar-refractivity contribution in [3.8, 4) is 5.75 Å². The van der Waals surface area contributed by atoms with Crippen LogP contribution in [-0.2, 0) is 11.3 Å². The van der Waals surface area contributed by atoms with Gasteiger partial charge in [-0.2, -0.15) is 0 Å². The molecule has 2 aromatic heterocycles. The van der Waals surface area contributed by atoms with Crippen molar-refractivity contribution in [3.05, 3.63) is 59.0 Å². The van der Waals surface area contributed by atoms with Crippen LogP contribution in [-0.4, -0.2) is 29.1 Å². The summed E-state index contributed by atoms with van der Waals surface area (Å²) in [4.78, 5) is 16.2. The van der Waals surface area contributed by atoms with Crippen LogP contribution in [0, 0.1) is 0 Å². The number of nitrogens with zero attached hydrogens (tertiary/aromatic N) is 2. The molecule has 0 saturated heterocycles. The number of ether oxygens (including phenoxy) is 2. The van der Waals surface area contributed by atoms with Gasteiger partial charge >= 0.3 is 5.97 Å². The molecule has 1 aromatic carbocycles. The maximum absolute atomic E-state index is 12.0. The minimum absolute atomic E-state index is 0.318. The van der Waals surface area contributed by atoms with E-state index in [1.165, 1.54) is 6.20 Å². The van der Waals surface area contributed by atoms with Gasteiger partial charge in [-0.1, -0.05) is 11.6 Å². The number of aromatic nitrogens is 2. The summed E-state index contributed by atoms with van der Waals surface area (Å²) in [6.07, 6.45) is 3.32.